The van der Waals surface area contributed by atoms with Crippen LogP contribution >= 0.6 is 0 Å². The third-order valence-electron chi connectivity index (χ3n) is 1.69. The van der Waals surface area contributed by atoms with Crippen LogP contribution in [0.25, 0.3) is 0 Å². The molecule has 20 heavy (non-hydrogen) atoms. The fourth-order valence-electron chi connectivity index (χ4n) is 0.934. The van der Waals surface area contributed by atoms with Gasteiger partial charge in [-0.2, -0.15) is 19.4 Å². The van der Waals surface area contributed by atoms with Crippen molar-refractivity contribution in [2.24, 2.45) is 0 Å². The minimum Gasteiger partial charge on any atom is -0.429 e. The molecule has 0 bridgehead atoms. The van der Waals surface area contributed by atoms with Crippen molar-refractivity contribution in [2.45, 2.75) is 39.9 Å². The number of rotatable bonds is 8. The Labute approximate surface area is 118 Å². The van der Waals surface area contributed by atoms with Crippen molar-refractivity contribution in [1.29, 1.82) is 0 Å². The van der Waals surface area contributed by atoms with Gasteiger partial charge in [0.15, 0.2) is 0 Å². The zero-order valence-corrected chi connectivity index (χ0v) is 12.2. The standard InChI is InChI=1S/C12H22O8/c1-9(2)15-5-7-17-11(13)19-20-12(14)18-8-6-16-10(3)4/h9-10H,5-8H2,1-4H3. The van der Waals surface area contributed by atoms with Crippen molar-refractivity contribution in [3.8, 4) is 0 Å². The SMILES string of the molecule is CC(C)OCCOC(=O)OOC(=O)OCCOC(C)C. The van der Waals surface area contributed by atoms with Crippen LogP contribution in [0, 0.1) is 0 Å². The Morgan fingerprint density at radius 1 is 0.700 bits per heavy atom. The van der Waals surface area contributed by atoms with Gasteiger partial charge in [-0.1, -0.05) is 0 Å². The van der Waals surface area contributed by atoms with Gasteiger partial charge in [-0.05, 0) is 27.7 Å². The molecule has 0 rings (SSSR count). The van der Waals surface area contributed by atoms with Crippen LogP contribution in [-0.4, -0.2) is 50.9 Å². The largest absolute Gasteiger partial charge is 0.550 e. The molecular weight excluding hydrogens is 272 g/mol. The summed E-state index contributed by atoms with van der Waals surface area (Å²) in [7, 11) is 0. The maximum absolute atomic E-state index is 11.0. The maximum Gasteiger partial charge on any atom is 0.550 e. The van der Waals surface area contributed by atoms with E-state index in [4.69, 9.17) is 9.47 Å². The lowest BCUT2D eigenvalue weighted by Gasteiger charge is -2.08. The van der Waals surface area contributed by atoms with Crippen LogP contribution in [0.3, 0.4) is 0 Å². The van der Waals surface area contributed by atoms with Crippen LogP contribution in [0.1, 0.15) is 27.7 Å². The van der Waals surface area contributed by atoms with Crippen molar-refractivity contribution in [3.63, 3.8) is 0 Å². The zero-order chi connectivity index (χ0) is 15.4. The van der Waals surface area contributed by atoms with Crippen LogP contribution in [0.4, 0.5) is 9.59 Å². The number of hydrogen-bond acceptors (Lipinski definition) is 8. The Bertz CT molecular complexity index is 249. The minimum atomic E-state index is -1.15. The van der Waals surface area contributed by atoms with E-state index < -0.39 is 12.3 Å². The Morgan fingerprint density at radius 2 is 1.05 bits per heavy atom. The molecule has 0 spiro atoms. The molecule has 0 aliphatic rings. The van der Waals surface area contributed by atoms with E-state index in [-0.39, 0.29) is 38.6 Å². The molecule has 118 valence electrons. The molecule has 0 aliphatic carbocycles. The predicted octanol–water partition coefficient (Wildman–Crippen LogP) is 2.06. The van der Waals surface area contributed by atoms with E-state index in [1.807, 2.05) is 27.7 Å². The first-order valence-electron chi connectivity index (χ1n) is 6.33. The smallest absolute Gasteiger partial charge is 0.429 e. The Balaban J connectivity index is 3.46. The summed E-state index contributed by atoms with van der Waals surface area (Å²) in [5.74, 6) is 0. The van der Waals surface area contributed by atoms with E-state index >= 15 is 0 Å². The van der Waals surface area contributed by atoms with E-state index in [9.17, 15) is 9.59 Å². The topological polar surface area (TPSA) is 89.5 Å². The van der Waals surface area contributed by atoms with Crippen LogP contribution in [-0.2, 0) is 28.7 Å². The van der Waals surface area contributed by atoms with Crippen molar-refractivity contribution < 1.29 is 38.3 Å². The summed E-state index contributed by atoms with van der Waals surface area (Å²) in [6, 6.07) is 0. The summed E-state index contributed by atoms with van der Waals surface area (Å²) in [4.78, 5) is 30.0. The lowest BCUT2D eigenvalue weighted by atomic mass is 10.5. The van der Waals surface area contributed by atoms with Crippen molar-refractivity contribution in [2.75, 3.05) is 26.4 Å². The van der Waals surface area contributed by atoms with Crippen molar-refractivity contribution in [1.82, 2.24) is 0 Å². The number of carbonyl (C=O) groups excluding carboxylic acids is 2. The molecule has 0 aromatic carbocycles. The Kier molecular flexibility index (Phi) is 10.4. The molecule has 0 aromatic rings. The third-order valence-corrected chi connectivity index (χ3v) is 1.69. The Hall–Kier alpha value is -1.54. The number of hydrogen-bond donors (Lipinski definition) is 0. The monoisotopic (exact) mass is 294 g/mol. The number of ether oxygens (including phenoxy) is 4. The highest BCUT2D eigenvalue weighted by molar-refractivity contribution is 5.63. The quantitative estimate of drug-likeness (QED) is 0.291. The lowest BCUT2D eigenvalue weighted by Crippen LogP contribution is -2.18. The highest BCUT2D eigenvalue weighted by Crippen LogP contribution is 1.94. The van der Waals surface area contributed by atoms with E-state index in [0.717, 1.165) is 0 Å². The fraction of sp³-hybridized carbons (Fsp3) is 0.833. The van der Waals surface area contributed by atoms with E-state index in [2.05, 4.69) is 19.2 Å². The second-order valence-electron chi connectivity index (χ2n) is 4.20. The average Bonchev–Trinajstić information content (AvgIpc) is 2.37. The summed E-state index contributed by atoms with van der Waals surface area (Å²) in [6.45, 7) is 7.84. The first-order chi connectivity index (χ1) is 9.41. The highest BCUT2D eigenvalue weighted by Gasteiger charge is 2.12. The van der Waals surface area contributed by atoms with Crippen molar-refractivity contribution in [3.05, 3.63) is 0 Å². The molecule has 0 N–H and O–H groups in total. The summed E-state index contributed by atoms with van der Waals surface area (Å²) >= 11 is 0. The van der Waals surface area contributed by atoms with Crippen LogP contribution in [0.2, 0.25) is 0 Å². The van der Waals surface area contributed by atoms with Gasteiger partial charge in [0.2, 0.25) is 0 Å². The second kappa shape index (κ2) is 11.3. The van der Waals surface area contributed by atoms with Crippen LogP contribution in [0.5, 0.6) is 0 Å². The molecule has 0 aliphatic heterocycles. The normalized spacial score (nSPS) is 10.5. The van der Waals surface area contributed by atoms with Gasteiger partial charge in [0, 0.05) is 0 Å². The minimum absolute atomic E-state index is 0.00233. The van der Waals surface area contributed by atoms with E-state index in [1.165, 1.54) is 0 Å². The molecule has 8 nitrogen and oxygen atoms in total. The molecule has 0 atom stereocenters. The van der Waals surface area contributed by atoms with E-state index in [0.29, 0.717) is 0 Å². The molecule has 0 amide bonds. The summed E-state index contributed by atoms with van der Waals surface area (Å²) in [5, 5.41) is 0. The first kappa shape index (κ1) is 18.5. The predicted molar refractivity (Wildman–Crippen MR) is 67.0 cm³/mol. The van der Waals surface area contributed by atoms with E-state index in [1.54, 1.807) is 0 Å². The highest BCUT2D eigenvalue weighted by atomic mass is 17.3. The van der Waals surface area contributed by atoms with Gasteiger partial charge >= 0.3 is 12.3 Å². The van der Waals surface area contributed by atoms with Gasteiger partial charge in [-0.25, -0.2) is 0 Å². The maximum atomic E-state index is 11.0. The summed E-state index contributed by atoms with van der Waals surface area (Å²) < 4.78 is 19.4. The van der Waals surface area contributed by atoms with Gasteiger partial charge in [0.25, 0.3) is 0 Å². The molecule has 0 saturated carbocycles. The van der Waals surface area contributed by atoms with Gasteiger partial charge in [0.1, 0.15) is 13.2 Å². The first-order valence-corrected chi connectivity index (χ1v) is 6.33. The van der Waals surface area contributed by atoms with Crippen LogP contribution < -0.4 is 0 Å². The van der Waals surface area contributed by atoms with Gasteiger partial charge in [0.05, 0.1) is 25.4 Å². The molecule has 0 heterocycles. The van der Waals surface area contributed by atoms with Crippen molar-refractivity contribution >= 4 is 12.3 Å². The second-order valence-corrected chi connectivity index (χ2v) is 4.20. The van der Waals surface area contributed by atoms with Gasteiger partial charge < -0.3 is 18.9 Å². The molecule has 0 radical (unpaired) electrons. The zero-order valence-electron chi connectivity index (χ0n) is 12.2. The summed E-state index contributed by atoms with van der Waals surface area (Å²) in [6.07, 6.45) is -2.22. The summed E-state index contributed by atoms with van der Waals surface area (Å²) in [5.41, 5.74) is 0. The molecular formula is C12H22O8. The molecule has 0 aromatic heterocycles. The van der Waals surface area contributed by atoms with Crippen LogP contribution in [0.15, 0.2) is 0 Å². The Morgan fingerprint density at radius 3 is 1.35 bits per heavy atom. The molecule has 0 fully saturated rings. The molecule has 8 heteroatoms. The lowest BCUT2D eigenvalue weighted by molar-refractivity contribution is -0.219. The molecule has 0 unspecified atom stereocenters. The van der Waals surface area contributed by atoms with Gasteiger partial charge in [-0.3, -0.25) is 0 Å². The number of carbonyl (C=O) groups is 2. The molecule has 0 saturated heterocycles. The third kappa shape index (κ3) is 12.9. The van der Waals surface area contributed by atoms with Gasteiger partial charge in [-0.15, -0.1) is 0 Å². The fourth-order valence-corrected chi connectivity index (χ4v) is 0.934. The average molecular weight is 294 g/mol.